The van der Waals surface area contributed by atoms with Crippen LogP contribution in [0.5, 0.6) is 0 Å². The molecule has 1 aliphatic heterocycles. The van der Waals surface area contributed by atoms with Gasteiger partial charge in [0.15, 0.2) is 5.78 Å². The van der Waals surface area contributed by atoms with E-state index in [0.717, 1.165) is 30.0 Å². The summed E-state index contributed by atoms with van der Waals surface area (Å²) in [6.45, 7) is 5.84. The van der Waals surface area contributed by atoms with E-state index in [-0.39, 0.29) is 5.78 Å². The van der Waals surface area contributed by atoms with Gasteiger partial charge < -0.3 is 4.98 Å². The van der Waals surface area contributed by atoms with E-state index in [1.807, 2.05) is 19.9 Å². The maximum absolute atomic E-state index is 12.1. The Labute approximate surface area is 104 Å². The van der Waals surface area contributed by atoms with Gasteiger partial charge in [0.1, 0.15) is 0 Å². The summed E-state index contributed by atoms with van der Waals surface area (Å²) in [6.07, 6.45) is 0. The van der Waals surface area contributed by atoms with Gasteiger partial charge in [0.2, 0.25) is 0 Å². The lowest BCUT2D eigenvalue weighted by molar-refractivity contribution is 0.0936. The third kappa shape index (κ3) is 3.04. The van der Waals surface area contributed by atoms with Crippen molar-refractivity contribution in [2.75, 3.05) is 31.1 Å². The smallest absolute Gasteiger partial charge is 0.178 e. The molecule has 2 heterocycles. The van der Waals surface area contributed by atoms with Crippen molar-refractivity contribution in [3.8, 4) is 0 Å². The normalized spacial score (nSPS) is 18.5. The molecule has 0 bridgehead atoms. The van der Waals surface area contributed by atoms with E-state index >= 15 is 0 Å². The number of hydrogen-bond donors (Lipinski definition) is 1. The van der Waals surface area contributed by atoms with Crippen molar-refractivity contribution in [3.63, 3.8) is 0 Å². The molecule has 2 rings (SSSR count). The molecule has 17 heavy (non-hydrogen) atoms. The molecule has 5 heteroatoms. The lowest BCUT2D eigenvalue weighted by Gasteiger charge is -2.25. The first kappa shape index (κ1) is 12.5. The first-order valence-electron chi connectivity index (χ1n) is 5.83. The molecule has 0 unspecified atom stereocenters. The highest BCUT2D eigenvalue weighted by molar-refractivity contribution is 7.85. The highest BCUT2D eigenvalue weighted by Gasteiger charge is 2.19. The van der Waals surface area contributed by atoms with Gasteiger partial charge in [0.05, 0.1) is 6.54 Å². The molecule has 1 aromatic rings. The summed E-state index contributed by atoms with van der Waals surface area (Å²) >= 11 is 0. The lowest BCUT2D eigenvalue weighted by Crippen LogP contribution is -2.40. The zero-order chi connectivity index (χ0) is 12.4. The van der Waals surface area contributed by atoms with Gasteiger partial charge >= 0.3 is 0 Å². The quantitative estimate of drug-likeness (QED) is 0.815. The topological polar surface area (TPSA) is 53.2 Å². The fourth-order valence-electron chi connectivity index (χ4n) is 2.14. The number of aromatic nitrogens is 1. The predicted molar refractivity (Wildman–Crippen MR) is 68.9 cm³/mol. The molecule has 94 valence electrons. The largest absolute Gasteiger partial charge is 0.362 e. The lowest BCUT2D eigenvalue weighted by atomic mass is 10.1. The molecular formula is C12H18N2O2S. The van der Waals surface area contributed by atoms with Gasteiger partial charge in [0.25, 0.3) is 0 Å². The van der Waals surface area contributed by atoms with E-state index in [1.54, 1.807) is 0 Å². The van der Waals surface area contributed by atoms with E-state index in [1.165, 1.54) is 0 Å². The predicted octanol–water partition coefficient (Wildman–Crippen LogP) is 0.879. The molecule has 1 aliphatic rings. The van der Waals surface area contributed by atoms with Crippen LogP contribution in [0.25, 0.3) is 0 Å². The van der Waals surface area contributed by atoms with E-state index in [0.29, 0.717) is 18.1 Å². The van der Waals surface area contributed by atoms with Gasteiger partial charge in [-0.2, -0.15) is 0 Å². The van der Waals surface area contributed by atoms with Gasteiger partial charge in [-0.25, -0.2) is 0 Å². The van der Waals surface area contributed by atoms with E-state index in [9.17, 15) is 9.00 Å². The molecule has 1 aromatic heterocycles. The Morgan fingerprint density at radius 1 is 1.41 bits per heavy atom. The SMILES string of the molecule is Cc1cc(C(=O)CN2CCS(=O)CC2)c(C)[nH]1. The van der Waals surface area contributed by atoms with Gasteiger partial charge in [0, 0.05) is 52.3 Å². The number of nitrogens with zero attached hydrogens (tertiary/aromatic N) is 1. The summed E-state index contributed by atoms with van der Waals surface area (Å²) in [7, 11) is -0.680. The Morgan fingerprint density at radius 2 is 2.06 bits per heavy atom. The van der Waals surface area contributed by atoms with E-state index in [2.05, 4.69) is 9.88 Å². The number of aryl methyl sites for hydroxylation is 2. The molecule has 0 atom stereocenters. The summed E-state index contributed by atoms with van der Waals surface area (Å²) in [5, 5.41) is 0. The van der Waals surface area contributed by atoms with Crippen LogP contribution in [-0.2, 0) is 10.8 Å². The van der Waals surface area contributed by atoms with Crippen molar-refractivity contribution < 1.29 is 9.00 Å². The van der Waals surface area contributed by atoms with E-state index in [4.69, 9.17) is 0 Å². The summed E-state index contributed by atoms with van der Waals surface area (Å²) in [5.41, 5.74) is 2.74. The number of carbonyl (C=O) groups excluding carboxylic acids is 1. The monoisotopic (exact) mass is 254 g/mol. The van der Waals surface area contributed by atoms with Crippen molar-refractivity contribution in [1.29, 1.82) is 0 Å². The minimum Gasteiger partial charge on any atom is -0.362 e. The Kier molecular flexibility index (Phi) is 3.79. The summed E-state index contributed by atoms with van der Waals surface area (Å²) in [5.74, 6) is 1.54. The molecule has 0 saturated carbocycles. The van der Waals surface area contributed by atoms with Crippen LogP contribution >= 0.6 is 0 Å². The molecule has 1 N–H and O–H groups in total. The second kappa shape index (κ2) is 5.14. The number of nitrogens with one attached hydrogen (secondary N) is 1. The zero-order valence-electron chi connectivity index (χ0n) is 10.3. The number of H-pyrrole nitrogens is 1. The highest BCUT2D eigenvalue weighted by atomic mass is 32.2. The number of ketones is 1. The maximum Gasteiger partial charge on any atom is 0.178 e. The maximum atomic E-state index is 12.1. The minimum absolute atomic E-state index is 0.152. The Morgan fingerprint density at radius 3 is 2.59 bits per heavy atom. The first-order chi connectivity index (χ1) is 8.06. The first-order valence-corrected chi connectivity index (χ1v) is 7.32. The van der Waals surface area contributed by atoms with Crippen LogP contribution in [0, 0.1) is 13.8 Å². The standard InChI is InChI=1S/C12H18N2O2S/c1-9-7-11(10(2)13-9)12(15)8-14-3-5-17(16)6-4-14/h7,13H,3-6,8H2,1-2H3. The number of Topliss-reactive ketones (excluding diaryl/α,β-unsaturated/α-hetero) is 1. The molecule has 0 radical (unpaired) electrons. The Balaban J connectivity index is 1.97. The van der Waals surface area contributed by atoms with Gasteiger partial charge in [-0.15, -0.1) is 0 Å². The van der Waals surface area contributed by atoms with Gasteiger partial charge in [-0.1, -0.05) is 0 Å². The molecular weight excluding hydrogens is 236 g/mol. The molecule has 1 saturated heterocycles. The Hall–Kier alpha value is -0.940. The van der Waals surface area contributed by atoms with Crippen LogP contribution in [0.15, 0.2) is 6.07 Å². The number of aromatic amines is 1. The fourth-order valence-corrected chi connectivity index (χ4v) is 3.26. The third-order valence-corrected chi connectivity index (χ3v) is 4.36. The van der Waals surface area contributed by atoms with Crippen LogP contribution in [-0.4, -0.2) is 51.0 Å². The summed E-state index contributed by atoms with van der Waals surface area (Å²) in [6, 6.07) is 1.90. The van der Waals surface area contributed by atoms with Crippen LogP contribution in [0.4, 0.5) is 0 Å². The van der Waals surface area contributed by atoms with Crippen LogP contribution in [0.1, 0.15) is 21.7 Å². The van der Waals surface area contributed by atoms with E-state index < -0.39 is 10.8 Å². The van der Waals surface area contributed by atoms with Crippen molar-refractivity contribution in [2.45, 2.75) is 13.8 Å². The molecule has 0 aromatic carbocycles. The van der Waals surface area contributed by atoms with Crippen molar-refractivity contribution in [1.82, 2.24) is 9.88 Å². The molecule has 0 spiro atoms. The average molecular weight is 254 g/mol. The molecule has 0 aliphatic carbocycles. The second-order valence-electron chi connectivity index (χ2n) is 4.54. The summed E-state index contributed by atoms with van der Waals surface area (Å²) in [4.78, 5) is 17.3. The minimum atomic E-state index is -0.680. The van der Waals surface area contributed by atoms with Crippen molar-refractivity contribution in [2.24, 2.45) is 0 Å². The van der Waals surface area contributed by atoms with Crippen LogP contribution < -0.4 is 0 Å². The number of hydrogen-bond acceptors (Lipinski definition) is 3. The number of rotatable bonds is 3. The molecule has 4 nitrogen and oxygen atoms in total. The van der Waals surface area contributed by atoms with Crippen molar-refractivity contribution in [3.05, 3.63) is 23.0 Å². The van der Waals surface area contributed by atoms with Crippen LogP contribution in [0.3, 0.4) is 0 Å². The average Bonchev–Trinajstić information content (AvgIpc) is 2.61. The summed E-state index contributed by atoms with van der Waals surface area (Å²) < 4.78 is 11.2. The highest BCUT2D eigenvalue weighted by Crippen LogP contribution is 2.11. The second-order valence-corrected chi connectivity index (χ2v) is 6.23. The third-order valence-electron chi connectivity index (χ3n) is 3.09. The van der Waals surface area contributed by atoms with Gasteiger partial charge in [-0.3, -0.25) is 13.9 Å². The Bertz CT molecular complexity index is 443. The zero-order valence-corrected chi connectivity index (χ0v) is 11.1. The molecule has 1 fully saturated rings. The van der Waals surface area contributed by atoms with Gasteiger partial charge in [-0.05, 0) is 19.9 Å². The fraction of sp³-hybridized carbons (Fsp3) is 0.583. The number of carbonyl (C=O) groups is 1. The van der Waals surface area contributed by atoms with Crippen LogP contribution in [0.2, 0.25) is 0 Å². The molecule has 0 amide bonds. The van der Waals surface area contributed by atoms with Crippen molar-refractivity contribution >= 4 is 16.6 Å².